The Bertz CT molecular complexity index is 556. The minimum atomic E-state index is -1.30. The van der Waals surface area contributed by atoms with Crippen molar-refractivity contribution in [1.29, 1.82) is 0 Å². The summed E-state index contributed by atoms with van der Waals surface area (Å²) in [5, 5.41) is 13.1. The number of aliphatic carboxylic acids is 1. The number of anilines is 1. The molecule has 19 heavy (non-hydrogen) atoms. The highest BCUT2D eigenvalue weighted by atomic mass is 19.1. The summed E-state index contributed by atoms with van der Waals surface area (Å²) in [6, 6.07) is 1.33. The fraction of sp³-hybridized carbons (Fsp3) is 0.333. The second kappa shape index (κ2) is 4.49. The number of benzene rings is 1. The van der Waals surface area contributed by atoms with Crippen molar-refractivity contribution in [3.8, 4) is 0 Å². The summed E-state index contributed by atoms with van der Waals surface area (Å²) in [6.45, 7) is 1.43. The zero-order valence-corrected chi connectivity index (χ0v) is 10.1. The summed E-state index contributed by atoms with van der Waals surface area (Å²) in [5.74, 6) is -2.96. The van der Waals surface area contributed by atoms with Crippen LogP contribution in [0.25, 0.3) is 0 Å². The highest BCUT2D eigenvalue weighted by molar-refractivity contribution is 5.95. The molecule has 0 aliphatic heterocycles. The van der Waals surface area contributed by atoms with E-state index in [1.54, 1.807) is 0 Å². The molecule has 2 rings (SSSR count). The Morgan fingerprint density at radius 3 is 2.47 bits per heavy atom. The molecule has 0 atom stereocenters. The summed E-state index contributed by atoms with van der Waals surface area (Å²) in [5.41, 5.74) is -1.71. The molecule has 0 aromatic heterocycles. The van der Waals surface area contributed by atoms with Crippen molar-refractivity contribution in [2.45, 2.75) is 25.3 Å². The first-order valence-electron chi connectivity index (χ1n) is 5.63. The van der Waals surface area contributed by atoms with Crippen LogP contribution in [-0.2, 0) is 4.79 Å². The number of carboxylic acid groups (broad SMARTS) is 1. The summed E-state index contributed by atoms with van der Waals surface area (Å²) < 4.78 is 27.0. The number of halogens is 2. The first kappa shape index (κ1) is 13.3. The van der Waals surface area contributed by atoms with E-state index in [1.807, 2.05) is 5.32 Å². The molecule has 0 spiro atoms. The van der Waals surface area contributed by atoms with Crippen LogP contribution in [0.1, 0.15) is 18.4 Å². The van der Waals surface area contributed by atoms with Crippen molar-refractivity contribution in [3.05, 3.63) is 29.3 Å². The standard InChI is InChI=1S/C12H12F2N2O3/c1-6-2-3-7(13)9(8(6)14)15-11(19)16-12(4-5-12)10(17)18/h2-3H,4-5H2,1H3,(H,17,18)(H2,15,16,19). The number of amides is 2. The van der Waals surface area contributed by atoms with E-state index in [0.29, 0.717) is 12.8 Å². The number of nitrogens with one attached hydrogen (secondary N) is 2. The molecule has 0 saturated heterocycles. The largest absolute Gasteiger partial charge is 0.480 e. The molecule has 0 heterocycles. The van der Waals surface area contributed by atoms with Crippen LogP contribution in [0, 0.1) is 18.6 Å². The molecule has 7 heteroatoms. The van der Waals surface area contributed by atoms with Crippen LogP contribution in [0.15, 0.2) is 12.1 Å². The van der Waals surface area contributed by atoms with Crippen molar-refractivity contribution >= 4 is 17.7 Å². The molecule has 1 aromatic carbocycles. The third-order valence-corrected chi connectivity index (χ3v) is 3.03. The maximum atomic E-state index is 13.6. The van der Waals surface area contributed by atoms with Gasteiger partial charge in [0.2, 0.25) is 0 Å². The molecule has 0 unspecified atom stereocenters. The second-order valence-corrected chi connectivity index (χ2v) is 4.52. The molecule has 2 amide bonds. The van der Waals surface area contributed by atoms with Crippen molar-refractivity contribution in [1.82, 2.24) is 5.32 Å². The number of urea groups is 1. The average Bonchev–Trinajstić information content (AvgIpc) is 3.11. The summed E-state index contributed by atoms with van der Waals surface area (Å²) in [6.07, 6.45) is 0.600. The van der Waals surface area contributed by atoms with Crippen LogP contribution in [0.4, 0.5) is 19.3 Å². The van der Waals surface area contributed by atoms with E-state index in [9.17, 15) is 18.4 Å². The third kappa shape index (κ3) is 2.49. The summed E-state index contributed by atoms with van der Waals surface area (Å²) in [7, 11) is 0. The molecule has 1 fully saturated rings. The number of carbonyl (C=O) groups excluding carboxylic acids is 1. The molecule has 5 nitrogen and oxygen atoms in total. The molecule has 0 radical (unpaired) electrons. The van der Waals surface area contributed by atoms with Crippen LogP contribution in [0.5, 0.6) is 0 Å². The fourth-order valence-electron chi connectivity index (χ4n) is 1.65. The van der Waals surface area contributed by atoms with Crippen molar-refractivity contribution < 1.29 is 23.5 Å². The number of aryl methyl sites for hydroxylation is 1. The Morgan fingerprint density at radius 1 is 1.32 bits per heavy atom. The predicted octanol–water partition coefficient (Wildman–Crippen LogP) is 2.01. The van der Waals surface area contributed by atoms with Gasteiger partial charge >= 0.3 is 12.0 Å². The van der Waals surface area contributed by atoms with Gasteiger partial charge in [0.05, 0.1) is 0 Å². The van der Waals surface area contributed by atoms with Gasteiger partial charge in [-0.15, -0.1) is 0 Å². The van der Waals surface area contributed by atoms with E-state index in [2.05, 4.69) is 5.32 Å². The summed E-state index contributed by atoms with van der Waals surface area (Å²) in [4.78, 5) is 22.4. The minimum absolute atomic E-state index is 0.177. The molecule has 0 bridgehead atoms. The lowest BCUT2D eigenvalue weighted by Gasteiger charge is -2.14. The van der Waals surface area contributed by atoms with Crippen molar-refractivity contribution in [3.63, 3.8) is 0 Å². The normalized spacial score (nSPS) is 15.7. The van der Waals surface area contributed by atoms with Crippen LogP contribution >= 0.6 is 0 Å². The molecule has 1 aliphatic carbocycles. The minimum Gasteiger partial charge on any atom is -0.480 e. The fourth-order valence-corrected chi connectivity index (χ4v) is 1.65. The van der Waals surface area contributed by atoms with E-state index >= 15 is 0 Å². The number of carboxylic acids is 1. The lowest BCUT2D eigenvalue weighted by atomic mass is 10.2. The van der Waals surface area contributed by atoms with E-state index in [4.69, 9.17) is 5.11 Å². The smallest absolute Gasteiger partial charge is 0.329 e. The van der Waals surface area contributed by atoms with Gasteiger partial charge in [-0.3, -0.25) is 0 Å². The van der Waals surface area contributed by atoms with Gasteiger partial charge in [0.15, 0.2) is 5.82 Å². The van der Waals surface area contributed by atoms with E-state index in [1.165, 1.54) is 13.0 Å². The highest BCUT2D eigenvalue weighted by Crippen LogP contribution is 2.35. The first-order valence-corrected chi connectivity index (χ1v) is 5.63. The lowest BCUT2D eigenvalue weighted by molar-refractivity contribution is -0.140. The maximum absolute atomic E-state index is 13.6. The van der Waals surface area contributed by atoms with Crippen LogP contribution in [0.3, 0.4) is 0 Å². The first-order chi connectivity index (χ1) is 8.85. The van der Waals surface area contributed by atoms with Gasteiger partial charge in [-0.2, -0.15) is 0 Å². The Kier molecular flexibility index (Phi) is 3.13. The van der Waals surface area contributed by atoms with Crippen molar-refractivity contribution in [2.24, 2.45) is 0 Å². The number of hydrogen-bond donors (Lipinski definition) is 3. The molecule has 3 N–H and O–H groups in total. The van der Waals surface area contributed by atoms with Gasteiger partial charge in [-0.1, -0.05) is 6.07 Å². The Morgan fingerprint density at radius 2 is 1.95 bits per heavy atom. The monoisotopic (exact) mass is 270 g/mol. The molecule has 1 aromatic rings. The molecular weight excluding hydrogens is 258 g/mol. The average molecular weight is 270 g/mol. The van der Waals surface area contributed by atoms with E-state index in [-0.39, 0.29) is 5.56 Å². The van der Waals surface area contributed by atoms with Gasteiger partial charge in [-0.05, 0) is 31.4 Å². The highest BCUT2D eigenvalue weighted by Gasteiger charge is 2.51. The molecule has 1 saturated carbocycles. The van der Waals surface area contributed by atoms with E-state index < -0.39 is 34.9 Å². The zero-order valence-electron chi connectivity index (χ0n) is 10.1. The van der Waals surface area contributed by atoms with Crippen LogP contribution in [0.2, 0.25) is 0 Å². The second-order valence-electron chi connectivity index (χ2n) is 4.52. The van der Waals surface area contributed by atoms with Gasteiger partial charge in [-0.25, -0.2) is 18.4 Å². The zero-order chi connectivity index (χ0) is 14.2. The van der Waals surface area contributed by atoms with E-state index in [0.717, 1.165) is 6.07 Å². The summed E-state index contributed by atoms with van der Waals surface area (Å²) >= 11 is 0. The number of rotatable bonds is 3. The maximum Gasteiger partial charge on any atom is 0.329 e. The topological polar surface area (TPSA) is 78.4 Å². The Hall–Kier alpha value is -2.18. The Balaban J connectivity index is 2.12. The van der Waals surface area contributed by atoms with Crippen molar-refractivity contribution in [2.75, 3.05) is 5.32 Å². The van der Waals surface area contributed by atoms with Gasteiger partial charge in [0.1, 0.15) is 17.0 Å². The molecule has 102 valence electrons. The number of hydrogen-bond acceptors (Lipinski definition) is 2. The van der Waals surface area contributed by atoms with Crippen LogP contribution in [-0.4, -0.2) is 22.6 Å². The van der Waals surface area contributed by atoms with Gasteiger partial charge in [0, 0.05) is 0 Å². The SMILES string of the molecule is Cc1ccc(F)c(NC(=O)NC2(C(=O)O)CC2)c1F. The Labute approximate surface area is 107 Å². The number of carbonyl (C=O) groups is 2. The van der Waals surface area contributed by atoms with Crippen LogP contribution < -0.4 is 10.6 Å². The third-order valence-electron chi connectivity index (χ3n) is 3.03. The lowest BCUT2D eigenvalue weighted by Crippen LogP contribution is -2.45. The van der Waals surface area contributed by atoms with Gasteiger partial charge in [0.25, 0.3) is 0 Å². The predicted molar refractivity (Wildman–Crippen MR) is 62.9 cm³/mol. The van der Waals surface area contributed by atoms with Gasteiger partial charge < -0.3 is 15.7 Å². The quantitative estimate of drug-likeness (QED) is 0.786. The molecular formula is C12H12F2N2O3. The molecule has 1 aliphatic rings.